The molecule has 17 heavy (non-hydrogen) atoms. The van der Waals surface area contributed by atoms with E-state index in [1.54, 1.807) is 0 Å². The number of halogens is 1. The van der Waals surface area contributed by atoms with Crippen molar-refractivity contribution in [2.75, 3.05) is 13.7 Å². The van der Waals surface area contributed by atoms with E-state index in [0.29, 0.717) is 6.61 Å². The minimum Gasteiger partial charge on any atom is -0.456 e. The van der Waals surface area contributed by atoms with E-state index in [1.165, 1.54) is 13.3 Å². The lowest BCUT2D eigenvalue weighted by molar-refractivity contribution is -0.0103. The summed E-state index contributed by atoms with van der Waals surface area (Å²) in [6, 6.07) is 1.10. The molecule has 0 aromatic carbocycles. The van der Waals surface area contributed by atoms with Crippen molar-refractivity contribution in [3.63, 3.8) is 0 Å². The number of hydrogen-bond donors (Lipinski definition) is 0. The molecule has 94 valence electrons. The molecule has 0 bridgehead atoms. The van der Waals surface area contributed by atoms with Crippen molar-refractivity contribution in [3.05, 3.63) is 29.8 Å². The highest BCUT2D eigenvalue weighted by Gasteiger charge is 2.19. The lowest BCUT2D eigenvalue weighted by Gasteiger charge is -2.20. The summed E-state index contributed by atoms with van der Waals surface area (Å²) in [5.41, 5.74) is 0.103. The van der Waals surface area contributed by atoms with Gasteiger partial charge in [0.25, 0.3) is 0 Å². The van der Waals surface area contributed by atoms with Gasteiger partial charge >= 0.3 is 5.97 Å². The SMILES string of the molecule is COCC(OC(=O)c1cncc(F)c1)C(C)C. The molecule has 0 aliphatic rings. The minimum atomic E-state index is -0.590. The van der Waals surface area contributed by atoms with E-state index < -0.39 is 11.8 Å². The lowest BCUT2D eigenvalue weighted by atomic mass is 10.1. The van der Waals surface area contributed by atoms with Crippen molar-refractivity contribution < 1.29 is 18.7 Å². The van der Waals surface area contributed by atoms with Crippen LogP contribution in [0.3, 0.4) is 0 Å². The number of carbonyl (C=O) groups is 1. The maximum Gasteiger partial charge on any atom is 0.340 e. The predicted octanol–water partition coefficient (Wildman–Crippen LogP) is 2.05. The number of nitrogens with zero attached hydrogens (tertiary/aromatic N) is 1. The molecule has 1 unspecified atom stereocenters. The van der Waals surface area contributed by atoms with Gasteiger partial charge in [-0.05, 0) is 12.0 Å². The topological polar surface area (TPSA) is 48.4 Å². The second kappa shape index (κ2) is 6.30. The van der Waals surface area contributed by atoms with Crippen LogP contribution in [0.25, 0.3) is 0 Å². The first-order chi connectivity index (χ1) is 8.04. The molecular formula is C12H16FNO3. The van der Waals surface area contributed by atoms with Crippen molar-refractivity contribution in [1.82, 2.24) is 4.98 Å². The van der Waals surface area contributed by atoms with Crippen LogP contribution in [0, 0.1) is 11.7 Å². The van der Waals surface area contributed by atoms with Crippen molar-refractivity contribution in [2.45, 2.75) is 20.0 Å². The Balaban J connectivity index is 2.70. The van der Waals surface area contributed by atoms with Gasteiger partial charge in [-0.1, -0.05) is 13.8 Å². The number of rotatable bonds is 5. The van der Waals surface area contributed by atoms with E-state index in [-0.39, 0.29) is 17.6 Å². The number of aromatic nitrogens is 1. The largest absolute Gasteiger partial charge is 0.456 e. The van der Waals surface area contributed by atoms with Crippen molar-refractivity contribution in [3.8, 4) is 0 Å². The molecule has 1 atom stereocenters. The van der Waals surface area contributed by atoms with E-state index in [2.05, 4.69) is 4.98 Å². The molecule has 0 N–H and O–H groups in total. The first-order valence-corrected chi connectivity index (χ1v) is 5.35. The van der Waals surface area contributed by atoms with Crippen molar-refractivity contribution >= 4 is 5.97 Å². The summed E-state index contributed by atoms with van der Waals surface area (Å²) in [5, 5.41) is 0. The molecule has 0 saturated heterocycles. The summed E-state index contributed by atoms with van der Waals surface area (Å²) in [6.07, 6.45) is 1.96. The van der Waals surface area contributed by atoms with E-state index >= 15 is 0 Å². The summed E-state index contributed by atoms with van der Waals surface area (Å²) >= 11 is 0. The average Bonchev–Trinajstić information content (AvgIpc) is 2.28. The molecule has 1 aromatic heterocycles. The van der Waals surface area contributed by atoms with Crippen molar-refractivity contribution in [1.29, 1.82) is 0 Å². The molecule has 0 saturated carbocycles. The van der Waals surface area contributed by atoms with E-state index in [4.69, 9.17) is 9.47 Å². The van der Waals surface area contributed by atoms with E-state index in [9.17, 15) is 9.18 Å². The summed E-state index contributed by atoms with van der Waals surface area (Å²) < 4.78 is 23.1. The summed E-state index contributed by atoms with van der Waals surface area (Å²) in [7, 11) is 1.53. The molecule has 5 heteroatoms. The second-order valence-electron chi connectivity index (χ2n) is 4.03. The van der Waals surface area contributed by atoms with Gasteiger partial charge in [-0.25, -0.2) is 9.18 Å². The van der Waals surface area contributed by atoms with Crippen LogP contribution in [0.5, 0.6) is 0 Å². The molecule has 0 aliphatic heterocycles. The molecule has 0 fully saturated rings. The van der Waals surface area contributed by atoms with Crippen LogP contribution in [0.4, 0.5) is 4.39 Å². The highest BCUT2D eigenvalue weighted by molar-refractivity contribution is 5.89. The summed E-state index contributed by atoms with van der Waals surface area (Å²) in [5.74, 6) is -1.03. The summed E-state index contributed by atoms with van der Waals surface area (Å²) in [4.78, 5) is 15.3. The Hall–Kier alpha value is -1.49. The van der Waals surface area contributed by atoms with Gasteiger partial charge < -0.3 is 9.47 Å². The van der Waals surface area contributed by atoms with Gasteiger partial charge in [0.2, 0.25) is 0 Å². The lowest BCUT2D eigenvalue weighted by Crippen LogP contribution is -2.28. The Labute approximate surface area is 99.8 Å². The Morgan fingerprint density at radius 3 is 2.71 bits per heavy atom. The average molecular weight is 241 g/mol. The Morgan fingerprint density at radius 1 is 1.47 bits per heavy atom. The van der Waals surface area contributed by atoms with Gasteiger partial charge in [-0.2, -0.15) is 0 Å². The molecule has 0 aliphatic carbocycles. The highest BCUT2D eigenvalue weighted by atomic mass is 19.1. The number of hydrogen-bond acceptors (Lipinski definition) is 4. The van der Waals surface area contributed by atoms with Gasteiger partial charge in [0.15, 0.2) is 0 Å². The maximum atomic E-state index is 12.9. The molecular weight excluding hydrogens is 225 g/mol. The van der Waals surface area contributed by atoms with Gasteiger partial charge in [0.1, 0.15) is 11.9 Å². The van der Waals surface area contributed by atoms with E-state index in [0.717, 1.165) is 12.3 Å². The molecule has 1 rings (SSSR count). The van der Waals surface area contributed by atoms with Gasteiger partial charge in [-0.3, -0.25) is 4.98 Å². The zero-order valence-corrected chi connectivity index (χ0v) is 10.1. The number of esters is 1. The number of ether oxygens (including phenoxy) is 2. The Bertz CT molecular complexity index is 382. The summed E-state index contributed by atoms with van der Waals surface area (Å²) in [6.45, 7) is 4.15. The molecule has 0 radical (unpaired) electrons. The van der Waals surface area contributed by atoms with Crippen LogP contribution in [-0.4, -0.2) is 30.8 Å². The standard InChI is InChI=1S/C12H16FNO3/c1-8(2)11(7-16-3)17-12(15)9-4-10(13)6-14-5-9/h4-6,8,11H,7H2,1-3H3. The van der Waals surface area contributed by atoms with Crippen LogP contribution >= 0.6 is 0 Å². The monoisotopic (exact) mass is 241 g/mol. The maximum absolute atomic E-state index is 12.9. The number of pyridine rings is 1. The Morgan fingerprint density at radius 2 is 2.18 bits per heavy atom. The Kier molecular flexibility index (Phi) is 5.03. The first kappa shape index (κ1) is 13.6. The molecule has 0 spiro atoms. The number of methoxy groups -OCH3 is 1. The second-order valence-corrected chi connectivity index (χ2v) is 4.03. The van der Waals surface area contributed by atoms with Crippen molar-refractivity contribution in [2.24, 2.45) is 5.92 Å². The minimum absolute atomic E-state index is 0.103. The van der Waals surface area contributed by atoms with Crippen LogP contribution in [-0.2, 0) is 9.47 Å². The zero-order chi connectivity index (χ0) is 12.8. The third-order valence-corrected chi connectivity index (χ3v) is 2.27. The fraction of sp³-hybridized carbons (Fsp3) is 0.500. The van der Waals surface area contributed by atoms with Crippen LogP contribution in [0.2, 0.25) is 0 Å². The zero-order valence-electron chi connectivity index (χ0n) is 10.1. The molecule has 0 amide bonds. The first-order valence-electron chi connectivity index (χ1n) is 5.35. The molecule has 1 aromatic rings. The molecule has 4 nitrogen and oxygen atoms in total. The quantitative estimate of drug-likeness (QED) is 0.740. The van der Waals surface area contributed by atoms with Gasteiger partial charge in [0, 0.05) is 13.3 Å². The third-order valence-electron chi connectivity index (χ3n) is 2.27. The van der Waals surface area contributed by atoms with E-state index in [1.807, 2.05) is 13.8 Å². The fourth-order valence-corrected chi connectivity index (χ4v) is 1.26. The number of carbonyl (C=O) groups excluding carboxylic acids is 1. The van der Waals surface area contributed by atoms with Crippen LogP contribution in [0.15, 0.2) is 18.5 Å². The van der Waals surface area contributed by atoms with Crippen LogP contribution in [0.1, 0.15) is 24.2 Å². The highest BCUT2D eigenvalue weighted by Crippen LogP contribution is 2.11. The third kappa shape index (κ3) is 4.11. The smallest absolute Gasteiger partial charge is 0.340 e. The van der Waals surface area contributed by atoms with Crippen LogP contribution < -0.4 is 0 Å². The van der Waals surface area contributed by atoms with Gasteiger partial charge in [0.05, 0.1) is 18.4 Å². The molecule has 1 heterocycles. The van der Waals surface area contributed by atoms with Gasteiger partial charge in [-0.15, -0.1) is 0 Å². The fourth-order valence-electron chi connectivity index (χ4n) is 1.26. The predicted molar refractivity (Wildman–Crippen MR) is 60.1 cm³/mol. The normalized spacial score (nSPS) is 12.5.